The third-order valence-corrected chi connectivity index (χ3v) is 4.92. The first kappa shape index (κ1) is 17.4. The maximum atomic E-state index is 13.2. The van der Waals surface area contributed by atoms with Gasteiger partial charge < -0.3 is 10.1 Å². The van der Waals surface area contributed by atoms with E-state index >= 15 is 0 Å². The minimum Gasteiger partial charge on any atom is -0.375 e. The lowest BCUT2D eigenvalue weighted by Crippen LogP contribution is -2.27. The Morgan fingerprint density at radius 3 is 2.80 bits per heavy atom. The predicted octanol–water partition coefficient (Wildman–Crippen LogP) is 3.19. The topological polar surface area (TPSA) is 58.6 Å². The van der Waals surface area contributed by atoms with Gasteiger partial charge in [0, 0.05) is 18.5 Å². The summed E-state index contributed by atoms with van der Waals surface area (Å²) in [6, 6.07) is 13.2. The van der Waals surface area contributed by atoms with Gasteiger partial charge in [-0.1, -0.05) is 12.1 Å². The third kappa shape index (κ3) is 4.00. The summed E-state index contributed by atoms with van der Waals surface area (Å²) in [5, 5.41) is 2.53. The highest BCUT2D eigenvalue weighted by Crippen LogP contribution is 2.42. The number of hydrogen-bond acceptors (Lipinski definition) is 4. The van der Waals surface area contributed by atoms with Crippen LogP contribution in [0.2, 0.25) is 0 Å². The standard InChI is InChI=1S/C18H17FN2O3S/c1-24-10-16(22)20-14-4-2-3-12(9-14)18-21(17(23)11-25-18)15-7-5-13(19)6-8-15/h2-9,18H,10-11H2,1H3,(H,20,22)/t18-/m0/s1. The molecule has 1 aliphatic rings. The molecule has 1 saturated heterocycles. The largest absolute Gasteiger partial charge is 0.375 e. The van der Waals surface area contributed by atoms with E-state index in [1.54, 1.807) is 23.1 Å². The number of hydrogen-bond donors (Lipinski definition) is 1. The van der Waals surface area contributed by atoms with E-state index in [4.69, 9.17) is 4.74 Å². The molecule has 7 heteroatoms. The molecule has 0 bridgehead atoms. The fourth-order valence-electron chi connectivity index (χ4n) is 2.65. The van der Waals surface area contributed by atoms with Crippen LogP contribution in [0.5, 0.6) is 0 Å². The van der Waals surface area contributed by atoms with Gasteiger partial charge in [0.05, 0.1) is 5.75 Å². The van der Waals surface area contributed by atoms with Crippen LogP contribution in [0, 0.1) is 5.82 Å². The molecule has 0 spiro atoms. The van der Waals surface area contributed by atoms with Crippen LogP contribution in [0.4, 0.5) is 15.8 Å². The van der Waals surface area contributed by atoms with Crippen molar-refractivity contribution < 1.29 is 18.7 Å². The number of nitrogens with zero attached hydrogens (tertiary/aromatic N) is 1. The number of rotatable bonds is 5. The number of ether oxygens (including phenoxy) is 1. The number of thioether (sulfide) groups is 1. The molecule has 25 heavy (non-hydrogen) atoms. The Morgan fingerprint density at radius 1 is 1.32 bits per heavy atom. The lowest BCUT2D eigenvalue weighted by Gasteiger charge is -2.24. The summed E-state index contributed by atoms with van der Waals surface area (Å²) in [4.78, 5) is 25.6. The van der Waals surface area contributed by atoms with Crippen molar-refractivity contribution in [1.29, 1.82) is 0 Å². The van der Waals surface area contributed by atoms with E-state index in [1.165, 1.54) is 31.0 Å². The number of benzene rings is 2. The van der Waals surface area contributed by atoms with Crippen LogP contribution in [-0.2, 0) is 14.3 Å². The molecule has 0 unspecified atom stereocenters. The van der Waals surface area contributed by atoms with Crippen LogP contribution >= 0.6 is 11.8 Å². The van der Waals surface area contributed by atoms with E-state index in [-0.39, 0.29) is 29.6 Å². The lowest BCUT2D eigenvalue weighted by atomic mass is 10.1. The first-order chi connectivity index (χ1) is 12.1. The molecule has 0 aliphatic carbocycles. The number of anilines is 2. The molecule has 0 saturated carbocycles. The van der Waals surface area contributed by atoms with E-state index in [0.717, 1.165) is 5.56 Å². The molecule has 1 aliphatic heterocycles. The van der Waals surface area contributed by atoms with Crippen LogP contribution in [0.1, 0.15) is 10.9 Å². The second-order valence-corrected chi connectivity index (χ2v) is 6.58. The number of halogens is 1. The normalized spacial score (nSPS) is 17.0. The Morgan fingerprint density at radius 2 is 2.08 bits per heavy atom. The Labute approximate surface area is 149 Å². The Balaban J connectivity index is 1.85. The fraction of sp³-hybridized carbons (Fsp3) is 0.222. The molecule has 1 heterocycles. The minimum atomic E-state index is -0.345. The minimum absolute atomic E-state index is 0.0252. The molecule has 3 rings (SSSR count). The van der Waals surface area contributed by atoms with Crippen molar-refractivity contribution in [1.82, 2.24) is 0 Å². The summed E-state index contributed by atoms with van der Waals surface area (Å²) in [5.74, 6) is -0.273. The van der Waals surface area contributed by atoms with E-state index in [0.29, 0.717) is 17.1 Å². The number of carbonyl (C=O) groups excluding carboxylic acids is 2. The van der Waals surface area contributed by atoms with Gasteiger partial charge in [-0.3, -0.25) is 14.5 Å². The van der Waals surface area contributed by atoms with Crippen molar-refractivity contribution >= 4 is 35.0 Å². The first-order valence-corrected chi connectivity index (χ1v) is 8.71. The van der Waals surface area contributed by atoms with Gasteiger partial charge in [0.1, 0.15) is 17.8 Å². The molecular formula is C18H17FN2O3S. The second kappa shape index (κ2) is 7.67. The highest BCUT2D eigenvalue weighted by molar-refractivity contribution is 8.00. The fourth-order valence-corrected chi connectivity index (χ4v) is 3.82. The molecule has 1 fully saturated rings. The maximum absolute atomic E-state index is 13.2. The highest BCUT2D eigenvalue weighted by atomic mass is 32.2. The summed E-state index contributed by atoms with van der Waals surface area (Å²) in [5.41, 5.74) is 2.17. The monoisotopic (exact) mass is 360 g/mol. The molecule has 2 aromatic carbocycles. The average molecular weight is 360 g/mol. The van der Waals surface area contributed by atoms with Crippen molar-refractivity contribution in [2.45, 2.75) is 5.37 Å². The van der Waals surface area contributed by atoms with Gasteiger partial charge in [-0.05, 0) is 42.0 Å². The molecule has 2 amide bonds. The van der Waals surface area contributed by atoms with Gasteiger partial charge in [0.25, 0.3) is 0 Å². The Bertz CT molecular complexity index is 782. The van der Waals surface area contributed by atoms with Crippen molar-refractivity contribution in [2.75, 3.05) is 29.7 Å². The quantitative estimate of drug-likeness (QED) is 0.890. The zero-order valence-electron chi connectivity index (χ0n) is 13.6. The van der Waals surface area contributed by atoms with Gasteiger partial charge in [0.15, 0.2) is 0 Å². The van der Waals surface area contributed by atoms with Gasteiger partial charge in [-0.15, -0.1) is 11.8 Å². The smallest absolute Gasteiger partial charge is 0.250 e. The van der Waals surface area contributed by atoms with E-state index < -0.39 is 0 Å². The van der Waals surface area contributed by atoms with E-state index in [9.17, 15) is 14.0 Å². The van der Waals surface area contributed by atoms with Crippen LogP contribution < -0.4 is 10.2 Å². The lowest BCUT2D eigenvalue weighted by molar-refractivity contribution is -0.119. The Hall–Kier alpha value is -2.38. The zero-order valence-corrected chi connectivity index (χ0v) is 14.4. The molecule has 5 nitrogen and oxygen atoms in total. The van der Waals surface area contributed by atoms with Crippen LogP contribution in [-0.4, -0.2) is 31.3 Å². The van der Waals surface area contributed by atoms with Crippen molar-refractivity contribution in [3.05, 3.63) is 59.9 Å². The summed E-state index contributed by atoms with van der Waals surface area (Å²) in [6.45, 7) is -0.0252. The average Bonchev–Trinajstić information content (AvgIpc) is 2.98. The molecule has 2 aromatic rings. The van der Waals surface area contributed by atoms with Crippen LogP contribution in [0.3, 0.4) is 0 Å². The first-order valence-electron chi connectivity index (χ1n) is 7.66. The molecule has 130 valence electrons. The summed E-state index contributed by atoms with van der Waals surface area (Å²) in [7, 11) is 1.46. The molecule has 1 N–H and O–H groups in total. The van der Waals surface area contributed by atoms with E-state index in [2.05, 4.69) is 5.32 Å². The zero-order chi connectivity index (χ0) is 17.8. The Kier molecular flexibility index (Phi) is 5.35. The van der Waals surface area contributed by atoms with Crippen molar-refractivity contribution in [3.63, 3.8) is 0 Å². The van der Waals surface area contributed by atoms with Gasteiger partial charge >= 0.3 is 0 Å². The summed E-state index contributed by atoms with van der Waals surface area (Å²) >= 11 is 1.49. The second-order valence-electron chi connectivity index (χ2n) is 5.51. The molecule has 0 radical (unpaired) electrons. The highest BCUT2D eigenvalue weighted by Gasteiger charge is 2.34. The number of methoxy groups -OCH3 is 1. The molecule has 0 aromatic heterocycles. The number of carbonyl (C=O) groups is 2. The predicted molar refractivity (Wildman–Crippen MR) is 96.0 cm³/mol. The SMILES string of the molecule is COCC(=O)Nc1cccc([C@@H]2SCC(=O)N2c2ccc(F)cc2)c1. The van der Waals surface area contributed by atoms with Crippen LogP contribution in [0.15, 0.2) is 48.5 Å². The summed E-state index contributed by atoms with van der Waals surface area (Å²) in [6.07, 6.45) is 0. The number of nitrogens with one attached hydrogen (secondary N) is 1. The third-order valence-electron chi connectivity index (χ3n) is 3.70. The molecule has 1 atom stereocenters. The van der Waals surface area contributed by atoms with Crippen molar-refractivity contribution in [2.24, 2.45) is 0 Å². The van der Waals surface area contributed by atoms with Gasteiger partial charge in [-0.2, -0.15) is 0 Å². The van der Waals surface area contributed by atoms with Crippen LogP contribution in [0.25, 0.3) is 0 Å². The summed E-state index contributed by atoms with van der Waals surface area (Å²) < 4.78 is 18.0. The maximum Gasteiger partial charge on any atom is 0.250 e. The molecular weight excluding hydrogens is 343 g/mol. The number of amides is 2. The van der Waals surface area contributed by atoms with Crippen molar-refractivity contribution in [3.8, 4) is 0 Å². The van der Waals surface area contributed by atoms with Gasteiger partial charge in [0.2, 0.25) is 11.8 Å². The van der Waals surface area contributed by atoms with E-state index in [1.807, 2.05) is 18.2 Å². The van der Waals surface area contributed by atoms with Gasteiger partial charge in [-0.25, -0.2) is 4.39 Å².